The van der Waals surface area contributed by atoms with E-state index in [0.717, 1.165) is 12.8 Å². The standard InChI is InChI=1S/C15H23N3O4S2/c1-15(2)11-23(20)8-7-18(15)24(21,22)12-9-13(16-10-12)14(19)17-5-3-4-6-17/h9-10,16H,3-8,11H2,1-2H3/t23-/m0/s1. The molecule has 2 saturated heterocycles. The molecule has 24 heavy (non-hydrogen) atoms. The molecule has 0 unspecified atom stereocenters. The van der Waals surface area contributed by atoms with Crippen molar-refractivity contribution >= 4 is 26.7 Å². The third kappa shape index (κ3) is 3.16. The van der Waals surface area contributed by atoms with Gasteiger partial charge in [0, 0.05) is 53.7 Å². The molecule has 0 radical (unpaired) electrons. The Morgan fingerprint density at radius 1 is 1.25 bits per heavy atom. The SMILES string of the molecule is CC1(C)C[S@@](=O)CCN1S(=O)(=O)c1c[nH]c(C(=O)N2CCCC2)c1. The topological polar surface area (TPSA) is 90.5 Å². The van der Waals surface area contributed by atoms with Gasteiger partial charge in [-0.3, -0.25) is 9.00 Å². The highest BCUT2D eigenvalue weighted by Gasteiger charge is 2.42. The zero-order chi connectivity index (χ0) is 17.5. The summed E-state index contributed by atoms with van der Waals surface area (Å²) in [4.78, 5) is 17.0. The fourth-order valence-electron chi connectivity index (χ4n) is 3.34. The van der Waals surface area contributed by atoms with Crippen LogP contribution in [0.3, 0.4) is 0 Å². The number of aromatic amines is 1. The van der Waals surface area contributed by atoms with Crippen LogP contribution in [-0.2, 0) is 20.8 Å². The van der Waals surface area contributed by atoms with E-state index in [-0.39, 0.29) is 17.3 Å². The van der Waals surface area contributed by atoms with Crippen molar-refractivity contribution in [1.29, 1.82) is 0 Å². The maximum atomic E-state index is 12.9. The number of nitrogens with one attached hydrogen (secondary N) is 1. The molecule has 9 heteroatoms. The van der Waals surface area contributed by atoms with Gasteiger partial charge in [0.25, 0.3) is 5.91 Å². The lowest BCUT2D eigenvalue weighted by molar-refractivity contribution is 0.0787. The van der Waals surface area contributed by atoms with Gasteiger partial charge in [-0.1, -0.05) is 0 Å². The average molecular weight is 374 g/mol. The number of rotatable bonds is 3. The summed E-state index contributed by atoms with van der Waals surface area (Å²) < 4.78 is 39.1. The Morgan fingerprint density at radius 2 is 1.92 bits per heavy atom. The average Bonchev–Trinajstić information content (AvgIpc) is 3.17. The third-order valence-electron chi connectivity index (χ3n) is 4.58. The van der Waals surface area contributed by atoms with Crippen LogP contribution in [0.25, 0.3) is 0 Å². The van der Waals surface area contributed by atoms with Gasteiger partial charge in [-0.05, 0) is 32.8 Å². The molecule has 1 atom stereocenters. The highest BCUT2D eigenvalue weighted by molar-refractivity contribution is 7.89. The van der Waals surface area contributed by atoms with Crippen LogP contribution in [0.15, 0.2) is 17.2 Å². The highest BCUT2D eigenvalue weighted by atomic mass is 32.2. The van der Waals surface area contributed by atoms with Gasteiger partial charge in [-0.25, -0.2) is 8.42 Å². The minimum absolute atomic E-state index is 0.0887. The number of likely N-dealkylation sites (tertiary alicyclic amines) is 1. The minimum Gasteiger partial charge on any atom is -0.356 e. The first-order valence-corrected chi connectivity index (χ1v) is 11.0. The fraction of sp³-hybridized carbons (Fsp3) is 0.667. The minimum atomic E-state index is -3.73. The second-order valence-electron chi connectivity index (χ2n) is 6.93. The Morgan fingerprint density at radius 3 is 2.54 bits per heavy atom. The lowest BCUT2D eigenvalue weighted by Crippen LogP contribution is -2.56. The molecule has 1 amide bonds. The summed E-state index contributed by atoms with van der Waals surface area (Å²) in [6.45, 7) is 5.22. The molecule has 0 bridgehead atoms. The van der Waals surface area contributed by atoms with Gasteiger partial charge in [0.2, 0.25) is 10.0 Å². The molecule has 0 saturated carbocycles. The van der Waals surface area contributed by atoms with Crippen molar-refractivity contribution in [3.05, 3.63) is 18.0 Å². The Labute approximate surface area is 144 Å². The van der Waals surface area contributed by atoms with Crippen molar-refractivity contribution in [1.82, 2.24) is 14.2 Å². The lowest BCUT2D eigenvalue weighted by atomic mass is 10.1. The monoisotopic (exact) mass is 373 g/mol. The zero-order valence-electron chi connectivity index (χ0n) is 13.9. The van der Waals surface area contributed by atoms with E-state index in [0.29, 0.717) is 30.3 Å². The maximum absolute atomic E-state index is 12.9. The predicted octanol–water partition coefficient (Wildman–Crippen LogP) is 0.782. The number of amides is 1. The van der Waals surface area contributed by atoms with Crippen molar-refractivity contribution in [2.45, 2.75) is 37.1 Å². The summed E-state index contributed by atoms with van der Waals surface area (Å²) in [5.41, 5.74) is -0.410. The summed E-state index contributed by atoms with van der Waals surface area (Å²) in [7, 11) is -4.73. The number of hydrogen-bond donors (Lipinski definition) is 1. The molecule has 2 aliphatic rings. The summed E-state index contributed by atoms with van der Waals surface area (Å²) in [6, 6.07) is 1.41. The first-order valence-electron chi connectivity index (χ1n) is 8.07. The van der Waals surface area contributed by atoms with E-state index in [1.165, 1.54) is 16.6 Å². The Hall–Kier alpha value is -1.19. The van der Waals surface area contributed by atoms with E-state index < -0.39 is 26.4 Å². The van der Waals surface area contributed by atoms with Crippen LogP contribution in [0.5, 0.6) is 0 Å². The van der Waals surface area contributed by atoms with Crippen LogP contribution in [0.1, 0.15) is 37.2 Å². The molecule has 1 N–H and O–H groups in total. The van der Waals surface area contributed by atoms with E-state index in [4.69, 9.17) is 0 Å². The second-order valence-corrected chi connectivity index (χ2v) is 10.4. The van der Waals surface area contributed by atoms with Crippen LogP contribution in [-0.4, -0.2) is 69.4 Å². The molecule has 1 aromatic rings. The fourth-order valence-corrected chi connectivity index (χ4v) is 6.78. The molecule has 2 aliphatic heterocycles. The van der Waals surface area contributed by atoms with Crippen LogP contribution >= 0.6 is 0 Å². The quantitative estimate of drug-likeness (QED) is 0.848. The van der Waals surface area contributed by atoms with Crippen molar-refractivity contribution in [3.8, 4) is 0 Å². The second kappa shape index (κ2) is 6.27. The Kier molecular flexibility index (Phi) is 4.61. The maximum Gasteiger partial charge on any atom is 0.270 e. The molecular weight excluding hydrogens is 350 g/mol. The van der Waals surface area contributed by atoms with Gasteiger partial charge in [0.05, 0.1) is 0 Å². The molecule has 0 spiro atoms. The Bertz CT molecular complexity index is 763. The lowest BCUT2D eigenvalue weighted by Gasteiger charge is -2.40. The van der Waals surface area contributed by atoms with E-state index in [2.05, 4.69) is 4.98 Å². The van der Waals surface area contributed by atoms with Gasteiger partial charge in [-0.2, -0.15) is 4.31 Å². The third-order valence-corrected chi connectivity index (χ3v) is 8.33. The smallest absolute Gasteiger partial charge is 0.270 e. The van der Waals surface area contributed by atoms with Crippen molar-refractivity contribution in [2.24, 2.45) is 0 Å². The van der Waals surface area contributed by atoms with Crippen LogP contribution in [0.2, 0.25) is 0 Å². The molecule has 2 fully saturated rings. The van der Waals surface area contributed by atoms with Gasteiger partial charge < -0.3 is 9.88 Å². The molecule has 0 aliphatic carbocycles. The summed E-state index contributed by atoms with van der Waals surface area (Å²) in [5.74, 6) is 0.496. The van der Waals surface area contributed by atoms with E-state index in [1.54, 1.807) is 18.7 Å². The molecule has 3 heterocycles. The molecule has 3 rings (SSSR count). The molecule has 0 aromatic carbocycles. The van der Waals surface area contributed by atoms with Crippen molar-refractivity contribution < 1.29 is 17.4 Å². The summed E-state index contributed by atoms with van der Waals surface area (Å²) >= 11 is 0. The van der Waals surface area contributed by atoms with E-state index >= 15 is 0 Å². The predicted molar refractivity (Wildman–Crippen MR) is 91.8 cm³/mol. The molecule has 134 valence electrons. The van der Waals surface area contributed by atoms with Gasteiger partial charge >= 0.3 is 0 Å². The van der Waals surface area contributed by atoms with Crippen LogP contribution in [0.4, 0.5) is 0 Å². The number of H-pyrrole nitrogens is 1. The zero-order valence-corrected chi connectivity index (χ0v) is 15.6. The van der Waals surface area contributed by atoms with E-state index in [9.17, 15) is 17.4 Å². The van der Waals surface area contributed by atoms with Gasteiger partial charge in [-0.15, -0.1) is 0 Å². The van der Waals surface area contributed by atoms with Gasteiger partial charge in [0.15, 0.2) is 0 Å². The molecule has 1 aromatic heterocycles. The van der Waals surface area contributed by atoms with Crippen molar-refractivity contribution in [2.75, 3.05) is 31.1 Å². The number of carbonyl (C=O) groups is 1. The summed E-state index contributed by atoms with van der Waals surface area (Å²) in [6.07, 6.45) is 3.34. The van der Waals surface area contributed by atoms with Crippen LogP contribution in [0, 0.1) is 0 Å². The molecule has 7 nitrogen and oxygen atoms in total. The number of hydrogen-bond acceptors (Lipinski definition) is 4. The largest absolute Gasteiger partial charge is 0.356 e. The normalized spacial score (nSPS) is 25.1. The Balaban J connectivity index is 1.85. The number of carbonyl (C=O) groups excluding carboxylic acids is 1. The number of nitrogens with zero attached hydrogens (tertiary/aromatic N) is 2. The van der Waals surface area contributed by atoms with E-state index in [1.807, 2.05) is 0 Å². The van der Waals surface area contributed by atoms with Gasteiger partial charge in [0.1, 0.15) is 10.6 Å². The first-order chi connectivity index (χ1) is 11.2. The first kappa shape index (κ1) is 17.6. The number of sulfonamides is 1. The highest BCUT2D eigenvalue weighted by Crippen LogP contribution is 2.29. The van der Waals surface area contributed by atoms with Crippen molar-refractivity contribution in [3.63, 3.8) is 0 Å². The number of aromatic nitrogens is 1. The summed E-state index contributed by atoms with van der Waals surface area (Å²) in [5, 5.41) is 0. The molecular formula is C15H23N3O4S2. The van der Waals surface area contributed by atoms with Crippen LogP contribution < -0.4 is 0 Å².